The second-order valence-corrected chi connectivity index (χ2v) is 8.05. The third-order valence-electron chi connectivity index (χ3n) is 5.26. The van der Waals surface area contributed by atoms with E-state index in [0.29, 0.717) is 11.1 Å². The number of carboxylic acids is 1. The van der Waals surface area contributed by atoms with Crippen molar-refractivity contribution in [2.75, 3.05) is 13.2 Å². The first kappa shape index (κ1) is 28.2. The number of benzene rings is 2. The van der Waals surface area contributed by atoms with E-state index in [1.54, 1.807) is 42.5 Å². The van der Waals surface area contributed by atoms with Gasteiger partial charge in [-0.25, -0.2) is 4.79 Å². The largest absolute Gasteiger partial charge is 0.508 e. The van der Waals surface area contributed by atoms with Crippen LogP contribution in [-0.4, -0.2) is 81.5 Å². The van der Waals surface area contributed by atoms with Crippen LogP contribution >= 0.6 is 0 Å². The summed E-state index contributed by atoms with van der Waals surface area (Å²) >= 11 is 0. The lowest BCUT2D eigenvalue weighted by Crippen LogP contribution is -2.59. The topological polar surface area (TPSA) is 211 Å². The van der Waals surface area contributed by atoms with E-state index in [9.17, 15) is 39.6 Å². The predicted octanol–water partition coefficient (Wildman–Crippen LogP) is -1.97. The normalized spacial score (nSPS) is 14.1. The summed E-state index contributed by atoms with van der Waals surface area (Å²) in [5.74, 6) is -3.95. The van der Waals surface area contributed by atoms with Crippen LogP contribution in [-0.2, 0) is 32.0 Å². The number of amides is 3. The van der Waals surface area contributed by atoms with E-state index in [1.807, 2.05) is 0 Å². The zero-order chi connectivity index (χ0) is 26.7. The van der Waals surface area contributed by atoms with Gasteiger partial charge in [-0.3, -0.25) is 14.4 Å². The van der Waals surface area contributed by atoms with Crippen LogP contribution in [0.1, 0.15) is 11.1 Å². The quantitative estimate of drug-likeness (QED) is 0.152. The van der Waals surface area contributed by atoms with Crippen molar-refractivity contribution in [2.24, 2.45) is 5.73 Å². The highest BCUT2D eigenvalue weighted by Crippen LogP contribution is 2.11. The van der Waals surface area contributed by atoms with Gasteiger partial charge in [0.15, 0.2) is 0 Å². The minimum atomic E-state index is -1.54. The van der Waals surface area contributed by atoms with E-state index >= 15 is 0 Å². The molecule has 0 spiro atoms. The summed E-state index contributed by atoms with van der Waals surface area (Å²) in [6.45, 7) is -1.68. The van der Waals surface area contributed by atoms with E-state index in [2.05, 4.69) is 16.0 Å². The first-order chi connectivity index (χ1) is 17.1. The molecule has 2 rings (SSSR count). The number of rotatable bonds is 13. The molecule has 0 fully saturated rings. The lowest BCUT2D eigenvalue weighted by molar-refractivity contribution is -0.142. The van der Waals surface area contributed by atoms with Crippen LogP contribution in [0.15, 0.2) is 54.6 Å². The zero-order valence-electron chi connectivity index (χ0n) is 19.3. The molecule has 12 nitrogen and oxygen atoms in total. The number of hydrogen-bond donors (Lipinski definition) is 8. The van der Waals surface area contributed by atoms with Gasteiger partial charge in [0.1, 0.15) is 23.9 Å². The van der Waals surface area contributed by atoms with E-state index in [0.717, 1.165) is 0 Å². The van der Waals surface area contributed by atoms with Gasteiger partial charge in [0.25, 0.3) is 0 Å². The van der Waals surface area contributed by atoms with Crippen molar-refractivity contribution < 1.29 is 39.6 Å². The molecular weight excluding hydrogens is 472 g/mol. The van der Waals surface area contributed by atoms with Gasteiger partial charge in [-0.1, -0.05) is 42.5 Å². The lowest BCUT2D eigenvalue weighted by atomic mass is 10.1. The lowest BCUT2D eigenvalue weighted by Gasteiger charge is -2.23. The SMILES string of the molecule is NC(Cc1ccc(O)cc1)C(=O)NC(CO)C(=O)NC(CO)C(=O)NC(Cc1ccccc1)C(=O)O. The Morgan fingerprint density at radius 1 is 0.694 bits per heavy atom. The number of nitrogens with one attached hydrogen (secondary N) is 3. The Balaban J connectivity index is 1.95. The van der Waals surface area contributed by atoms with Crippen LogP contribution < -0.4 is 21.7 Å². The van der Waals surface area contributed by atoms with E-state index < -0.39 is 61.1 Å². The average Bonchev–Trinajstić information content (AvgIpc) is 2.86. The maximum atomic E-state index is 12.6. The molecule has 2 aromatic carbocycles. The Hall–Kier alpha value is -4.00. The molecule has 0 aliphatic heterocycles. The van der Waals surface area contributed by atoms with Crippen LogP contribution in [0.5, 0.6) is 5.75 Å². The molecule has 4 atom stereocenters. The first-order valence-electron chi connectivity index (χ1n) is 11.1. The van der Waals surface area contributed by atoms with E-state index in [4.69, 9.17) is 5.73 Å². The summed E-state index contributed by atoms with van der Waals surface area (Å²) in [4.78, 5) is 49.1. The fourth-order valence-electron chi connectivity index (χ4n) is 3.24. The molecule has 194 valence electrons. The number of aliphatic hydroxyl groups is 2. The average molecular weight is 503 g/mol. The van der Waals surface area contributed by atoms with Crippen molar-refractivity contribution in [2.45, 2.75) is 37.0 Å². The third-order valence-corrected chi connectivity index (χ3v) is 5.26. The van der Waals surface area contributed by atoms with E-state index in [1.165, 1.54) is 12.1 Å². The molecule has 0 aliphatic carbocycles. The number of hydrogen-bond acceptors (Lipinski definition) is 8. The standard InChI is InChI=1S/C24H30N4O8/c25-17(10-15-6-8-16(31)9-7-15)21(32)27-19(12-29)23(34)28-20(13-30)22(33)26-18(24(35)36)11-14-4-2-1-3-5-14/h1-9,17-20,29-31H,10-13,25H2,(H,26,33)(H,27,32)(H,28,34)(H,35,36). The summed E-state index contributed by atoms with van der Waals surface area (Å²) in [7, 11) is 0. The summed E-state index contributed by atoms with van der Waals surface area (Å²) in [6, 6.07) is 9.15. The van der Waals surface area contributed by atoms with Crippen molar-refractivity contribution in [3.63, 3.8) is 0 Å². The third kappa shape index (κ3) is 8.65. The fraction of sp³-hybridized carbons (Fsp3) is 0.333. The smallest absolute Gasteiger partial charge is 0.326 e. The van der Waals surface area contributed by atoms with Gasteiger partial charge in [0.05, 0.1) is 19.3 Å². The number of aliphatic carboxylic acids is 1. The Labute approximate surface area is 207 Å². The van der Waals surface area contributed by atoms with Crippen LogP contribution in [0.4, 0.5) is 0 Å². The molecule has 0 aliphatic rings. The van der Waals surface area contributed by atoms with Crippen LogP contribution in [0.3, 0.4) is 0 Å². The number of carbonyl (C=O) groups is 4. The Morgan fingerprint density at radius 2 is 1.17 bits per heavy atom. The summed E-state index contributed by atoms with van der Waals surface area (Å²) in [5.41, 5.74) is 7.17. The molecule has 0 saturated carbocycles. The predicted molar refractivity (Wildman–Crippen MR) is 128 cm³/mol. The zero-order valence-corrected chi connectivity index (χ0v) is 19.3. The molecule has 0 saturated heterocycles. The second-order valence-electron chi connectivity index (χ2n) is 8.05. The summed E-state index contributed by atoms with van der Waals surface area (Å²) in [5, 5.41) is 44.7. The minimum absolute atomic E-state index is 0.0255. The van der Waals surface area contributed by atoms with Crippen molar-refractivity contribution in [1.29, 1.82) is 0 Å². The van der Waals surface area contributed by atoms with Crippen molar-refractivity contribution in [3.05, 3.63) is 65.7 Å². The highest BCUT2D eigenvalue weighted by Gasteiger charge is 2.30. The monoisotopic (exact) mass is 502 g/mol. The van der Waals surface area contributed by atoms with Gasteiger partial charge in [-0.15, -0.1) is 0 Å². The van der Waals surface area contributed by atoms with Gasteiger partial charge < -0.3 is 42.1 Å². The van der Waals surface area contributed by atoms with Crippen LogP contribution in [0.25, 0.3) is 0 Å². The maximum absolute atomic E-state index is 12.6. The van der Waals surface area contributed by atoms with Gasteiger partial charge in [0.2, 0.25) is 17.7 Å². The summed E-state index contributed by atoms with van der Waals surface area (Å²) < 4.78 is 0. The highest BCUT2D eigenvalue weighted by atomic mass is 16.4. The van der Waals surface area contributed by atoms with Crippen LogP contribution in [0.2, 0.25) is 0 Å². The molecule has 4 unspecified atom stereocenters. The molecule has 36 heavy (non-hydrogen) atoms. The second kappa shape index (κ2) is 13.8. The molecular formula is C24H30N4O8. The number of carboxylic acid groups (broad SMARTS) is 1. The molecule has 9 N–H and O–H groups in total. The van der Waals surface area contributed by atoms with Gasteiger partial charge in [0, 0.05) is 6.42 Å². The number of aromatic hydroxyl groups is 1. The Morgan fingerprint density at radius 3 is 1.67 bits per heavy atom. The van der Waals surface area contributed by atoms with E-state index in [-0.39, 0.29) is 18.6 Å². The minimum Gasteiger partial charge on any atom is -0.508 e. The summed E-state index contributed by atoms with van der Waals surface area (Å²) in [6.07, 6.45) is 0.0633. The maximum Gasteiger partial charge on any atom is 0.326 e. The molecule has 12 heteroatoms. The molecule has 0 aromatic heterocycles. The van der Waals surface area contributed by atoms with Gasteiger partial charge in [-0.05, 0) is 29.7 Å². The number of nitrogens with two attached hydrogens (primary N) is 1. The first-order valence-corrected chi connectivity index (χ1v) is 11.1. The molecule has 3 amide bonds. The molecule has 0 radical (unpaired) electrons. The van der Waals surface area contributed by atoms with Gasteiger partial charge >= 0.3 is 5.97 Å². The number of phenols is 1. The number of phenolic OH excluding ortho intramolecular Hbond substituents is 1. The fourth-order valence-corrected chi connectivity index (χ4v) is 3.24. The molecule has 0 bridgehead atoms. The number of carbonyl (C=O) groups excluding carboxylic acids is 3. The molecule has 0 heterocycles. The Bertz CT molecular complexity index is 1030. The van der Waals surface area contributed by atoms with Crippen molar-refractivity contribution in [3.8, 4) is 5.75 Å². The number of aliphatic hydroxyl groups excluding tert-OH is 2. The van der Waals surface area contributed by atoms with Crippen LogP contribution in [0, 0.1) is 0 Å². The highest BCUT2D eigenvalue weighted by molar-refractivity contribution is 5.94. The molecule has 2 aromatic rings. The van der Waals surface area contributed by atoms with Gasteiger partial charge in [-0.2, -0.15) is 0 Å². The Kier molecular flexibility index (Phi) is 10.8. The van der Waals surface area contributed by atoms with Crippen molar-refractivity contribution >= 4 is 23.7 Å². The van der Waals surface area contributed by atoms with Crippen molar-refractivity contribution in [1.82, 2.24) is 16.0 Å².